The number of aromatic nitrogens is 2. The number of anilines is 1. The summed E-state index contributed by atoms with van der Waals surface area (Å²) in [7, 11) is 0. The van der Waals surface area contributed by atoms with Crippen molar-refractivity contribution in [1.29, 1.82) is 0 Å². The van der Waals surface area contributed by atoms with Crippen LogP contribution in [0.1, 0.15) is 5.56 Å². The van der Waals surface area contributed by atoms with Gasteiger partial charge in [0.1, 0.15) is 18.0 Å². The van der Waals surface area contributed by atoms with Crippen LogP contribution in [0.5, 0.6) is 0 Å². The Morgan fingerprint density at radius 1 is 0.950 bits per heavy atom. The summed E-state index contributed by atoms with van der Waals surface area (Å²) in [5.41, 5.74) is 1.61. The average Bonchev–Trinajstić information content (AvgIpc) is 2.49. The molecule has 0 saturated heterocycles. The van der Waals surface area contributed by atoms with E-state index in [1.54, 1.807) is 12.1 Å². The van der Waals surface area contributed by atoms with Gasteiger partial charge in [0.15, 0.2) is 0 Å². The van der Waals surface area contributed by atoms with Gasteiger partial charge < -0.3 is 5.32 Å². The minimum Gasteiger partial charge on any atom is -0.369 e. The van der Waals surface area contributed by atoms with E-state index in [4.69, 9.17) is 0 Å². The standard InChI is InChI=1S/C16H14FN3/c17-14-7-3-1-5-12(14)9-10-18-16-13-6-2-4-8-15(13)19-11-20-16/h1-8,11H,9-10H2,(H,18,19,20). The molecule has 100 valence electrons. The Morgan fingerprint density at radius 3 is 2.65 bits per heavy atom. The van der Waals surface area contributed by atoms with Gasteiger partial charge in [-0.15, -0.1) is 0 Å². The molecule has 0 aliphatic carbocycles. The van der Waals surface area contributed by atoms with E-state index in [2.05, 4.69) is 15.3 Å². The van der Waals surface area contributed by atoms with Gasteiger partial charge in [0, 0.05) is 11.9 Å². The van der Waals surface area contributed by atoms with Gasteiger partial charge in [-0.25, -0.2) is 14.4 Å². The summed E-state index contributed by atoms with van der Waals surface area (Å²) >= 11 is 0. The Bertz CT molecular complexity index is 722. The maximum atomic E-state index is 13.5. The Kier molecular flexibility index (Phi) is 3.54. The Hall–Kier alpha value is -2.49. The normalized spacial score (nSPS) is 10.7. The zero-order valence-electron chi connectivity index (χ0n) is 10.9. The van der Waals surface area contributed by atoms with Crippen molar-refractivity contribution in [2.45, 2.75) is 6.42 Å². The van der Waals surface area contributed by atoms with Crippen molar-refractivity contribution < 1.29 is 4.39 Å². The molecule has 0 amide bonds. The third-order valence-electron chi connectivity index (χ3n) is 3.19. The van der Waals surface area contributed by atoms with Crippen molar-refractivity contribution in [3.63, 3.8) is 0 Å². The highest BCUT2D eigenvalue weighted by atomic mass is 19.1. The second-order valence-electron chi connectivity index (χ2n) is 4.51. The molecule has 0 aliphatic heterocycles. The number of nitrogens with zero attached hydrogens (tertiary/aromatic N) is 2. The predicted molar refractivity (Wildman–Crippen MR) is 78.1 cm³/mol. The van der Waals surface area contributed by atoms with Gasteiger partial charge in [0.2, 0.25) is 0 Å². The number of para-hydroxylation sites is 1. The first kappa shape index (κ1) is 12.5. The van der Waals surface area contributed by atoms with Gasteiger partial charge in [-0.05, 0) is 30.2 Å². The third-order valence-corrected chi connectivity index (χ3v) is 3.19. The van der Waals surface area contributed by atoms with Crippen LogP contribution in [-0.2, 0) is 6.42 Å². The lowest BCUT2D eigenvalue weighted by atomic mass is 10.1. The van der Waals surface area contributed by atoms with E-state index >= 15 is 0 Å². The van der Waals surface area contributed by atoms with Crippen molar-refractivity contribution in [2.75, 3.05) is 11.9 Å². The maximum absolute atomic E-state index is 13.5. The predicted octanol–water partition coefficient (Wildman–Crippen LogP) is 3.42. The van der Waals surface area contributed by atoms with E-state index in [1.807, 2.05) is 30.3 Å². The lowest BCUT2D eigenvalue weighted by Crippen LogP contribution is -2.08. The lowest BCUT2D eigenvalue weighted by molar-refractivity contribution is 0.610. The highest BCUT2D eigenvalue weighted by Gasteiger charge is 2.03. The number of halogens is 1. The molecule has 0 bridgehead atoms. The Balaban J connectivity index is 1.73. The van der Waals surface area contributed by atoms with Gasteiger partial charge in [0.25, 0.3) is 0 Å². The third kappa shape index (κ3) is 2.59. The smallest absolute Gasteiger partial charge is 0.137 e. The molecule has 3 aromatic rings. The monoisotopic (exact) mass is 267 g/mol. The Morgan fingerprint density at radius 2 is 1.75 bits per heavy atom. The molecule has 3 rings (SSSR count). The molecule has 4 heteroatoms. The zero-order chi connectivity index (χ0) is 13.8. The van der Waals surface area contributed by atoms with Crippen LogP contribution in [0.15, 0.2) is 54.9 Å². The molecular weight excluding hydrogens is 253 g/mol. The van der Waals surface area contributed by atoms with E-state index in [1.165, 1.54) is 12.4 Å². The minimum absolute atomic E-state index is 0.165. The quantitative estimate of drug-likeness (QED) is 0.787. The fourth-order valence-electron chi connectivity index (χ4n) is 2.16. The fourth-order valence-corrected chi connectivity index (χ4v) is 2.16. The molecule has 0 aliphatic rings. The van der Waals surface area contributed by atoms with Crippen molar-refractivity contribution in [3.05, 3.63) is 66.2 Å². The first-order chi connectivity index (χ1) is 9.84. The largest absolute Gasteiger partial charge is 0.369 e. The number of rotatable bonds is 4. The van der Waals surface area contributed by atoms with E-state index < -0.39 is 0 Å². The maximum Gasteiger partial charge on any atom is 0.137 e. The molecule has 0 fully saturated rings. The lowest BCUT2D eigenvalue weighted by Gasteiger charge is -2.08. The van der Waals surface area contributed by atoms with E-state index in [9.17, 15) is 4.39 Å². The number of fused-ring (bicyclic) bond motifs is 1. The minimum atomic E-state index is -0.165. The average molecular weight is 267 g/mol. The van der Waals surface area contributed by atoms with Crippen LogP contribution >= 0.6 is 0 Å². The molecule has 0 saturated carbocycles. The molecule has 0 atom stereocenters. The van der Waals surface area contributed by atoms with Gasteiger partial charge >= 0.3 is 0 Å². The summed E-state index contributed by atoms with van der Waals surface area (Å²) in [6.07, 6.45) is 2.15. The second-order valence-corrected chi connectivity index (χ2v) is 4.51. The topological polar surface area (TPSA) is 37.8 Å². The van der Waals surface area contributed by atoms with E-state index in [0.717, 1.165) is 16.7 Å². The number of nitrogens with one attached hydrogen (secondary N) is 1. The summed E-state index contributed by atoms with van der Waals surface area (Å²) < 4.78 is 13.5. The molecule has 1 N–H and O–H groups in total. The molecule has 0 radical (unpaired) electrons. The van der Waals surface area contributed by atoms with Crippen molar-refractivity contribution in [3.8, 4) is 0 Å². The van der Waals surface area contributed by atoms with Crippen molar-refractivity contribution in [1.82, 2.24) is 9.97 Å². The molecule has 1 aromatic heterocycles. The summed E-state index contributed by atoms with van der Waals surface area (Å²) in [6.45, 7) is 0.627. The van der Waals surface area contributed by atoms with Gasteiger partial charge in [-0.3, -0.25) is 0 Å². The van der Waals surface area contributed by atoms with Crippen molar-refractivity contribution in [2.24, 2.45) is 0 Å². The van der Waals surface area contributed by atoms with Crippen LogP contribution < -0.4 is 5.32 Å². The van der Waals surface area contributed by atoms with Crippen LogP contribution in [0.3, 0.4) is 0 Å². The molecule has 2 aromatic carbocycles. The van der Waals surface area contributed by atoms with E-state index in [0.29, 0.717) is 18.5 Å². The number of hydrogen-bond donors (Lipinski definition) is 1. The van der Waals surface area contributed by atoms with Crippen molar-refractivity contribution >= 4 is 16.7 Å². The first-order valence-electron chi connectivity index (χ1n) is 6.51. The molecule has 3 nitrogen and oxygen atoms in total. The molecule has 0 spiro atoms. The van der Waals surface area contributed by atoms with Crippen LogP contribution in [0.25, 0.3) is 10.9 Å². The number of benzene rings is 2. The van der Waals surface area contributed by atoms with Gasteiger partial charge in [-0.2, -0.15) is 0 Å². The highest BCUT2D eigenvalue weighted by Crippen LogP contribution is 2.18. The van der Waals surface area contributed by atoms with Crippen LogP contribution in [-0.4, -0.2) is 16.5 Å². The van der Waals surface area contributed by atoms with Gasteiger partial charge in [-0.1, -0.05) is 30.3 Å². The highest BCUT2D eigenvalue weighted by molar-refractivity contribution is 5.88. The summed E-state index contributed by atoms with van der Waals surface area (Å²) in [6, 6.07) is 14.6. The molecular formula is C16H14FN3. The first-order valence-corrected chi connectivity index (χ1v) is 6.51. The van der Waals surface area contributed by atoms with Crippen LogP contribution in [0.4, 0.5) is 10.2 Å². The second kappa shape index (κ2) is 5.65. The molecule has 0 unspecified atom stereocenters. The van der Waals surface area contributed by atoms with E-state index in [-0.39, 0.29) is 5.82 Å². The number of hydrogen-bond acceptors (Lipinski definition) is 3. The molecule has 20 heavy (non-hydrogen) atoms. The van der Waals surface area contributed by atoms with Crippen LogP contribution in [0, 0.1) is 5.82 Å². The Labute approximate surface area is 116 Å². The fraction of sp³-hybridized carbons (Fsp3) is 0.125. The SMILES string of the molecule is Fc1ccccc1CCNc1ncnc2ccccc12. The zero-order valence-corrected chi connectivity index (χ0v) is 10.9. The molecule has 1 heterocycles. The summed E-state index contributed by atoms with van der Waals surface area (Å²) in [5, 5.41) is 4.22. The summed E-state index contributed by atoms with van der Waals surface area (Å²) in [5.74, 6) is 0.619. The van der Waals surface area contributed by atoms with Crippen LogP contribution in [0.2, 0.25) is 0 Å². The van der Waals surface area contributed by atoms with Gasteiger partial charge in [0.05, 0.1) is 5.52 Å². The summed E-state index contributed by atoms with van der Waals surface area (Å²) in [4.78, 5) is 8.46.